The van der Waals surface area contributed by atoms with Gasteiger partial charge in [-0.2, -0.15) is 0 Å². The molecule has 2 atom stereocenters. The van der Waals surface area contributed by atoms with Crippen LogP contribution in [0.5, 0.6) is 0 Å². The average molecular weight is 410 g/mol. The zero-order chi connectivity index (χ0) is 20.9. The van der Waals surface area contributed by atoms with Crippen molar-refractivity contribution in [3.05, 3.63) is 54.0 Å². The van der Waals surface area contributed by atoms with E-state index in [-0.39, 0.29) is 29.9 Å². The molecule has 30 heavy (non-hydrogen) atoms. The van der Waals surface area contributed by atoms with Crippen molar-refractivity contribution in [3.8, 4) is 0 Å². The number of nitrogens with zero attached hydrogens (tertiary/aromatic N) is 1. The average Bonchev–Trinajstić information content (AvgIpc) is 3.32. The zero-order valence-corrected chi connectivity index (χ0v) is 16.8. The fourth-order valence-electron chi connectivity index (χ4n) is 4.58. The molecule has 4 rings (SSSR count). The first-order valence-electron chi connectivity index (χ1n) is 10.5. The number of hydrogen-bond acceptors (Lipinski definition) is 5. The molecule has 2 fully saturated rings. The molecule has 0 radical (unpaired) electrons. The van der Waals surface area contributed by atoms with Gasteiger partial charge in [-0.15, -0.1) is 0 Å². The number of carbonyl (C=O) groups is 3. The number of rotatable bonds is 5. The number of amides is 2. The van der Waals surface area contributed by atoms with E-state index in [0.717, 1.165) is 25.8 Å². The number of likely N-dealkylation sites (tertiary alicyclic amines) is 1. The van der Waals surface area contributed by atoms with Crippen molar-refractivity contribution in [2.24, 2.45) is 5.92 Å². The van der Waals surface area contributed by atoms with Crippen LogP contribution in [0.3, 0.4) is 0 Å². The molecule has 2 amide bonds. The lowest BCUT2D eigenvalue weighted by atomic mass is 9.78. The van der Waals surface area contributed by atoms with Gasteiger partial charge in [-0.05, 0) is 55.9 Å². The topological polar surface area (TPSA) is 88.8 Å². The van der Waals surface area contributed by atoms with Crippen LogP contribution in [0.1, 0.15) is 59.4 Å². The minimum atomic E-state index is -0.643. The lowest BCUT2D eigenvalue weighted by Gasteiger charge is -2.44. The molecule has 7 heteroatoms. The highest BCUT2D eigenvalue weighted by atomic mass is 16.5. The number of ether oxygens (including phenoxy) is 1. The second kappa shape index (κ2) is 9.15. The van der Waals surface area contributed by atoms with Crippen LogP contribution >= 0.6 is 0 Å². The second-order valence-electron chi connectivity index (χ2n) is 7.89. The number of benzene rings is 1. The van der Waals surface area contributed by atoms with Crippen molar-refractivity contribution >= 4 is 23.5 Å². The number of hydrogen-bond donors (Lipinski definition) is 1. The standard InChI is InChI=1S/C23H26N2O5/c26-21(25-13-5-8-16-7-1-4-11-19(16)25)15-30-23(28)17-9-2-3-10-18(17)24-22(27)20-12-6-14-29-20/h2-3,6,9-10,12,14,16,19H,1,4-5,7-8,11,13,15H2,(H,24,27)/t16-,19-/m0/s1. The molecule has 2 heterocycles. The lowest BCUT2D eigenvalue weighted by molar-refractivity contribution is -0.140. The predicted octanol–water partition coefficient (Wildman–Crippen LogP) is 3.87. The van der Waals surface area contributed by atoms with Crippen LogP contribution in [0.25, 0.3) is 0 Å². The van der Waals surface area contributed by atoms with Crippen LogP contribution in [-0.4, -0.2) is 41.9 Å². The molecular weight excluding hydrogens is 384 g/mol. The van der Waals surface area contributed by atoms with Crippen LogP contribution in [-0.2, 0) is 9.53 Å². The third-order valence-electron chi connectivity index (χ3n) is 6.03. The van der Waals surface area contributed by atoms with Gasteiger partial charge in [-0.3, -0.25) is 9.59 Å². The summed E-state index contributed by atoms with van der Waals surface area (Å²) < 4.78 is 10.4. The maximum Gasteiger partial charge on any atom is 0.340 e. The van der Waals surface area contributed by atoms with Crippen molar-refractivity contribution in [1.29, 1.82) is 0 Å². The fraction of sp³-hybridized carbons (Fsp3) is 0.435. The van der Waals surface area contributed by atoms with Crippen LogP contribution in [0.2, 0.25) is 0 Å². The molecule has 0 bridgehead atoms. The quantitative estimate of drug-likeness (QED) is 0.756. The second-order valence-corrected chi connectivity index (χ2v) is 7.89. The molecule has 1 aromatic heterocycles. The third-order valence-corrected chi connectivity index (χ3v) is 6.03. The fourth-order valence-corrected chi connectivity index (χ4v) is 4.58. The molecule has 0 unspecified atom stereocenters. The molecule has 2 aromatic rings. The first kappa shape index (κ1) is 20.2. The summed E-state index contributed by atoms with van der Waals surface area (Å²) in [5.41, 5.74) is 0.501. The Kier molecular flexibility index (Phi) is 6.16. The lowest BCUT2D eigenvalue weighted by Crippen LogP contribution is -2.50. The van der Waals surface area contributed by atoms with E-state index in [2.05, 4.69) is 5.32 Å². The Bertz CT molecular complexity index is 906. The van der Waals surface area contributed by atoms with Crippen molar-refractivity contribution in [2.45, 2.75) is 44.6 Å². The number of fused-ring (bicyclic) bond motifs is 1. The van der Waals surface area contributed by atoms with E-state index in [0.29, 0.717) is 11.6 Å². The van der Waals surface area contributed by atoms with Crippen molar-refractivity contribution in [3.63, 3.8) is 0 Å². The van der Waals surface area contributed by atoms with Gasteiger partial charge in [0.25, 0.3) is 11.8 Å². The smallest absolute Gasteiger partial charge is 0.340 e. The molecule has 1 N–H and O–H groups in total. The molecule has 158 valence electrons. The number of carbonyl (C=O) groups excluding carboxylic acids is 3. The van der Waals surface area contributed by atoms with Gasteiger partial charge in [0, 0.05) is 12.6 Å². The molecule has 1 aliphatic heterocycles. The third kappa shape index (κ3) is 4.40. The van der Waals surface area contributed by atoms with Crippen molar-refractivity contribution < 1.29 is 23.5 Å². The Morgan fingerprint density at radius 2 is 1.83 bits per heavy atom. The number of piperidine rings is 1. The zero-order valence-electron chi connectivity index (χ0n) is 16.8. The first-order valence-corrected chi connectivity index (χ1v) is 10.5. The number of furan rings is 1. The Balaban J connectivity index is 1.38. The molecule has 0 spiro atoms. The highest BCUT2D eigenvalue weighted by molar-refractivity contribution is 6.06. The molecule has 1 saturated carbocycles. The Morgan fingerprint density at radius 1 is 1.03 bits per heavy atom. The van der Waals surface area contributed by atoms with Crippen LogP contribution in [0, 0.1) is 5.92 Å². The van der Waals surface area contributed by atoms with Gasteiger partial charge in [0.1, 0.15) is 0 Å². The SMILES string of the molecule is O=C(Nc1ccccc1C(=O)OCC(=O)N1CCC[C@@H]2CCCC[C@@H]21)c1ccco1. The first-order chi connectivity index (χ1) is 14.6. The summed E-state index contributed by atoms with van der Waals surface area (Å²) in [6.45, 7) is 0.440. The number of esters is 1. The highest BCUT2D eigenvalue weighted by Crippen LogP contribution is 2.35. The van der Waals surface area contributed by atoms with Crippen LogP contribution in [0.15, 0.2) is 47.1 Å². The summed E-state index contributed by atoms with van der Waals surface area (Å²) in [6.07, 6.45) is 8.17. The maximum atomic E-state index is 12.8. The molecule has 1 saturated heterocycles. The van der Waals surface area contributed by atoms with Gasteiger partial charge < -0.3 is 19.4 Å². The van der Waals surface area contributed by atoms with E-state index >= 15 is 0 Å². The van der Waals surface area contributed by atoms with Crippen LogP contribution in [0.4, 0.5) is 5.69 Å². The van der Waals surface area contributed by atoms with E-state index in [4.69, 9.17) is 9.15 Å². The van der Waals surface area contributed by atoms with E-state index < -0.39 is 11.9 Å². The minimum Gasteiger partial charge on any atom is -0.459 e. The van der Waals surface area contributed by atoms with Crippen molar-refractivity contribution in [2.75, 3.05) is 18.5 Å². The van der Waals surface area contributed by atoms with Gasteiger partial charge >= 0.3 is 5.97 Å². The molecule has 7 nitrogen and oxygen atoms in total. The minimum absolute atomic E-state index is 0.139. The van der Waals surface area contributed by atoms with Crippen molar-refractivity contribution in [1.82, 2.24) is 4.90 Å². The van der Waals surface area contributed by atoms with E-state index in [1.165, 1.54) is 31.6 Å². The number of anilines is 1. The summed E-state index contributed by atoms with van der Waals surface area (Å²) in [4.78, 5) is 39.6. The summed E-state index contributed by atoms with van der Waals surface area (Å²) in [5, 5.41) is 2.65. The van der Waals surface area contributed by atoms with Gasteiger partial charge in [0.15, 0.2) is 12.4 Å². The summed E-state index contributed by atoms with van der Waals surface area (Å²) >= 11 is 0. The van der Waals surface area contributed by atoms with Crippen LogP contribution < -0.4 is 5.32 Å². The largest absolute Gasteiger partial charge is 0.459 e. The van der Waals surface area contributed by atoms with Gasteiger partial charge in [-0.25, -0.2) is 4.79 Å². The highest BCUT2D eigenvalue weighted by Gasteiger charge is 2.35. The Morgan fingerprint density at radius 3 is 2.67 bits per heavy atom. The van der Waals surface area contributed by atoms with Gasteiger partial charge in [0.05, 0.1) is 17.5 Å². The summed E-state index contributed by atoms with van der Waals surface area (Å²) in [5.74, 6) is -0.536. The molecule has 1 aliphatic carbocycles. The van der Waals surface area contributed by atoms with E-state index in [1.807, 2.05) is 4.90 Å². The normalized spacial score (nSPS) is 20.9. The maximum absolute atomic E-state index is 12.8. The molecule has 1 aromatic carbocycles. The van der Waals surface area contributed by atoms with Gasteiger partial charge in [0.2, 0.25) is 0 Å². The molecular formula is C23H26N2O5. The molecule has 2 aliphatic rings. The van der Waals surface area contributed by atoms with E-state index in [9.17, 15) is 14.4 Å². The monoisotopic (exact) mass is 410 g/mol. The number of para-hydroxylation sites is 1. The number of nitrogens with one attached hydrogen (secondary N) is 1. The van der Waals surface area contributed by atoms with Gasteiger partial charge in [-0.1, -0.05) is 25.0 Å². The predicted molar refractivity (Wildman–Crippen MR) is 110 cm³/mol. The van der Waals surface area contributed by atoms with E-state index in [1.54, 1.807) is 30.3 Å². The Hall–Kier alpha value is -3.09. The summed E-state index contributed by atoms with van der Waals surface area (Å²) in [6, 6.07) is 9.97. The Labute approximate surface area is 175 Å². The summed E-state index contributed by atoms with van der Waals surface area (Å²) in [7, 11) is 0.